The molecule has 0 aliphatic carbocycles. The second-order valence-corrected chi connectivity index (χ2v) is 6.61. The zero-order valence-corrected chi connectivity index (χ0v) is 14.4. The van der Waals surface area contributed by atoms with Crippen molar-refractivity contribution in [2.24, 2.45) is 0 Å². The molecule has 1 N–H and O–H groups in total. The number of amides is 1. The largest absolute Gasteiger partial charge is 0.353 e. The Bertz CT molecular complexity index is 704. The maximum Gasteiger partial charge on any atom is 0.227 e. The van der Waals surface area contributed by atoms with E-state index in [9.17, 15) is 4.79 Å². The van der Waals surface area contributed by atoms with Crippen LogP contribution in [0.25, 0.3) is 0 Å². The number of rotatable bonds is 7. The van der Waals surface area contributed by atoms with Gasteiger partial charge in [0.25, 0.3) is 0 Å². The Kier molecular flexibility index (Phi) is 5.43. The molecule has 0 saturated heterocycles. The molecule has 0 saturated carbocycles. The minimum absolute atomic E-state index is 0.0252. The van der Waals surface area contributed by atoms with E-state index in [2.05, 4.69) is 16.5 Å². The molecule has 1 aromatic carbocycles. The van der Waals surface area contributed by atoms with Crippen molar-refractivity contribution in [1.29, 1.82) is 0 Å². The van der Waals surface area contributed by atoms with Crippen LogP contribution in [0.1, 0.15) is 35.7 Å². The molecule has 0 spiro atoms. The van der Waals surface area contributed by atoms with Crippen molar-refractivity contribution in [3.05, 3.63) is 76.7 Å². The first-order valence-electron chi connectivity index (χ1n) is 8.14. The quantitative estimate of drug-likeness (QED) is 0.711. The molecular formula is C19H21N3OS. The lowest BCUT2D eigenvalue weighted by molar-refractivity contribution is -0.122. The lowest BCUT2D eigenvalue weighted by Gasteiger charge is -2.20. The van der Waals surface area contributed by atoms with Gasteiger partial charge in [0, 0.05) is 23.8 Å². The molecule has 3 rings (SSSR count). The standard InChI is InChI=1S/C19H21N3OS/c1-2-16(15-8-4-3-5-9-15)19(23)20-14-17(18-10-6-13-24-18)22-12-7-11-21-22/h3-13,16-17H,2,14H2,1H3,(H,20,23). The van der Waals surface area contributed by atoms with E-state index in [1.54, 1.807) is 17.5 Å². The summed E-state index contributed by atoms with van der Waals surface area (Å²) >= 11 is 1.68. The topological polar surface area (TPSA) is 46.9 Å². The van der Waals surface area contributed by atoms with Gasteiger partial charge in [0.2, 0.25) is 5.91 Å². The second-order valence-electron chi connectivity index (χ2n) is 5.63. The summed E-state index contributed by atoms with van der Waals surface area (Å²) in [6.45, 7) is 2.58. The second kappa shape index (κ2) is 7.93. The van der Waals surface area contributed by atoms with Crippen LogP contribution >= 0.6 is 11.3 Å². The van der Waals surface area contributed by atoms with Crippen molar-refractivity contribution in [1.82, 2.24) is 15.1 Å². The highest BCUT2D eigenvalue weighted by atomic mass is 32.1. The fourth-order valence-electron chi connectivity index (χ4n) is 2.85. The number of nitrogens with one attached hydrogen (secondary N) is 1. The average molecular weight is 339 g/mol. The SMILES string of the molecule is CCC(C(=O)NCC(c1cccs1)n1cccn1)c1ccccc1. The van der Waals surface area contributed by atoms with E-state index in [1.165, 1.54) is 4.88 Å². The fourth-order valence-corrected chi connectivity index (χ4v) is 3.67. The van der Waals surface area contributed by atoms with Crippen LogP contribution in [0.15, 0.2) is 66.3 Å². The third kappa shape index (κ3) is 3.74. The summed E-state index contributed by atoms with van der Waals surface area (Å²) in [5.41, 5.74) is 1.06. The van der Waals surface area contributed by atoms with Crippen molar-refractivity contribution in [3.63, 3.8) is 0 Å². The summed E-state index contributed by atoms with van der Waals surface area (Å²) in [5, 5.41) is 9.51. The predicted octanol–water partition coefficient (Wildman–Crippen LogP) is 3.84. The van der Waals surface area contributed by atoms with Gasteiger partial charge in [-0.05, 0) is 29.5 Å². The van der Waals surface area contributed by atoms with Gasteiger partial charge in [-0.15, -0.1) is 11.3 Å². The van der Waals surface area contributed by atoms with Crippen molar-refractivity contribution < 1.29 is 4.79 Å². The van der Waals surface area contributed by atoms with Gasteiger partial charge in [-0.25, -0.2) is 0 Å². The molecule has 24 heavy (non-hydrogen) atoms. The first kappa shape index (κ1) is 16.5. The van der Waals surface area contributed by atoms with E-state index in [-0.39, 0.29) is 17.9 Å². The van der Waals surface area contributed by atoms with Gasteiger partial charge in [-0.3, -0.25) is 9.48 Å². The van der Waals surface area contributed by atoms with Crippen LogP contribution in [-0.4, -0.2) is 22.2 Å². The lowest BCUT2D eigenvalue weighted by Crippen LogP contribution is -2.34. The van der Waals surface area contributed by atoms with Crippen LogP contribution in [-0.2, 0) is 4.79 Å². The molecule has 0 aliphatic rings. The Hall–Kier alpha value is -2.40. The van der Waals surface area contributed by atoms with Crippen molar-refractivity contribution >= 4 is 17.2 Å². The highest BCUT2D eigenvalue weighted by molar-refractivity contribution is 7.10. The highest BCUT2D eigenvalue weighted by Gasteiger charge is 2.21. The van der Waals surface area contributed by atoms with Gasteiger partial charge >= 0.3 is 0 Å². The molecule has 0 bridgehead atoms. The maximum atomic E-state index is 12.7. The summed E-state index contributed by atoms with van der Waals surface area (Å²) in [5.74, 6) is -0.0507. The Morgan fingerprint density at radius 2 is 2.04 bits per heavy atom. The van der Waals surface area contributed by atoms with Crippen LogP contribution in [0, 0.1) is 0 Å². The van der Waals surface area contributed by atoms with Crippen LogP contribution in [0.2, 0.25) is 0 Å². The lowest BCUT2D eigenvalue weighted by atomic mass is 9.95. The minimum atomic E-state index is -0.118. The van der Waals surface area contributed by atoms with E-state index in [0.29, 0.717) is 6.54 Å². The zero-order chi connectivity index (χ0) is 16.8. The van der Waals surface area contributed by atoms with E-state index in [1.807, 2.05) is 65.6 Å². The number of carbonyl (C=O) groups excluding carboxylic acids is 1. The van der Waals surface area contributed by atoms with Gasteiger partial charge in [0.1, 0.15) is 6.04 Å². The number of benzene rings is 1. The predicted molar refractivity (Wildman–Crippen MR) is 97.2 cm³/mol. The average Bonchev–Trinajstić information content (AvgIpc) is 3.31. The molecular weight excluding hydrogens is 318 g/mol. The van der Waals surface area contributed by atoms with Gasteiger partial charge in [-0.2, -0.15) is 5.10 Å². The summed E-state index contributed by atoms with van der Waals surface area (Å²) in [6.07, 6.45) is 4.48. The third-order valence-electron chi connectivity index (χ3n) is 4.11. The normalized spacial score (nSPS) is 13.4. The monoisotopic (exact) mass is 339 g/mol. The molecule has 124 valence electrons. The number of hydrogen-bond acceptors (Lipinski definition) is 3. The van der Waals surface area contributed by atoms with Gasteiger partial charge in [0.05, 0.1) is 5.92 Å². The van der Waals surface area contributed by atoms with Crippen LogP contribution in [0.3, 0.4) is 0 Å². The van der Waals surface area contributed by atoms with Gasteiger partial charge in [-0.1, -0.05) is 43.3 Å². The van der Waals surface area contributed by atoms with E-state index in [4.69, 9.17) is 0 Å². The molecule has 0 radical (unpaired) electrons. The summed E-state index contributed by atoms with van der Waals surface area (Å²) in [6, 6.07) is 16.0. The first-order chi connectivity index (χ1) is 11.8. The number of thiophene rings is 1. The number of aromatic nitrogens is 2. The van der Waals surface area contributed by atoms with Crippen LogP contribution in [0.4, 0.5) is 0 Å². The van der Waals surface area contributed by atoms with Gasteiger partial charge in [0.15, 0.2) is 0 Å². The minimum Gasteiger partial charge on any atom is -0.353 e. The Labute approximate surface area is 146 Å². The van der Waals surface area contributed by atoms with E-state index >= 15 is 0 Å². The first-order valence-corrected chi connectivity index (χ1v) is 9.02. The molecule has 2 atom stereocenters. The van der Waals surface area contributed by atoms with E-state index < -0.39 is 0 Å². The molecule has 1 amide bonds. The van der Waals surface area contributed by atoms with Crippen molar-refractivity contribution in [3.8, 4) is 0 Å². The van der Waals surface area contributed by atoms with Crippen molar-refractivity contribution in [2.45, 2.75) is 25.3 Å². The Morgan fingerprint density at radius 1 is 1.21 bits per heavy atom. The maximum absolute atomic E-state index is 12.7. The van der Waals surface area contributed by atoms with Gasteiger partial charge < -0.3 is 5.32 Å². The van der Waals surface area contributed by atoms with Crippen LogP contribution in [0.5, 0.6) is 0 Å². The number of carbonyl (C=O) groups is 1. The highest BCUT2D eigenvalue weighted by Crippen LogP contribution is 2.23. The van der Waals surface area contributed by atoms with Crippen LogP contribution < -0.4 is 5.32 Å². The van der Waals surface area contributed by atoms with Crippen molar-refractivity contribution in [2.75, 3.05) is 6.54 Å². The Balaban J connectivity index is 1.71. The smallest absolute Gasteiger partial charge is 0.227 e. The zero-order valence-electron chi connectivity index (χ0n) is 13.6. The molecule has 5 heteroatoms. The Morgan fingerprint density at radius 3 is 2.67 bits per heavy atom. The molecule has 4 nitrogen and oxygen atoms in total. The molecule has 3 aromatic rings. The molecule has 0 fully saturated rings. The third-order valence-corrected chi connectivity index (χ3v) is 5.09. The summed E-state index contributed by atoms with van der Waals surface area (Å²) in [4.78, 5) is 13.9. The molecule has 2 aromatic heterocycles. The molecule has 0 aliphatic heterocycles. The molecule has 2 heterocycles. The fraction of sp³-hybridized carbons (Fsp3) is 0.263. The van der Waals surface area contributed by atoms with E-state index in [0.717, 1.165) is 12.0 Å². The number of nitrogens with zero attached hydrogens (tertiary/aromatic N) is 2. The summed E-state index contributed by atoms with van der Waals surface area (Å²) < 4.78 is 1.90. The number of hydrogen-bond donors (Lipinski definition) is 1. The molecule has 2 unspecified atom stereocenters. The summed E-state index contributed by atoms with van der Waals surface area (Å²) in [7, 11) is 0.